The SMILES string of the molecule is c1ccc(-c2ccc(-c3nc(-c4cccc(-c5ccccc5)c4)nc(-c4ccc(-n5c6ccccc6c6ccccc65)c5ccccc45)n3)cc2)cc1. The van der Waals surface area contributed by atoms with E-state index in [9.17, 15) is 0 Å². The molecule has 0 saturated heterocycles. The van der Waals surface area contributed by atoms with Crippen molar-refractivity contribution in [2.45, 2.75) is 0 Å². The van der Waals surface area contributed by atoms with Gasteiger partial charge in [-0.15, -0.1) is 0 Å². The van der Waals surface area contributed by atoms with Gasteiger partial charge in [0.2, 0.25) is 0 Å². The molecular formula is C49H32N4. The normalized spacial score (nSPS) is 11.4. The maximum atomic E-state index is 5.21. The number of fused-ring (bicyclic) bond motifs is 4. The molecule has 4 heteroatoms. The van der Waals surface area contributed by atoms with Gasteiger partial charge in [-0.3, -0.25) is 0 Å². The first-order valence-electron chi connectivity index (χ1n) is 17.9. The summed E-state index contributed by atoms with van der Waals surface area (Å²) in [6.07, 6.45) is 0. The van der Waals surface area contributed by atoms with Gasteiger partial charge in [-0.25, -0.2) is 15.0 Å². The van der Waals surface area contributed by atoms with Crippen molar-refractivity contribution in [3.8, 4) is 62.1 Å². The number of para-hydroxylation sites is 2. The average molecular weight is 677 g/mol. The Labute approximate surface area is 307 Å². The van der Waals surface area contributed by atoms with Crippen LogP contribution in [0.3, 0.4) is 0 Å². The molecule has 0 aliphatic heterocycles. The number of hydrogen-bond acceptors (Lipinski definition) is 3. The van der Waals surface area contributed by atoms with Crippen molar-refractivity contribution < 1.29 is 0 Å². The van der Waals surface area contributed by atoms with Crippen LogP contribution >= 0.6 is 0 Å². The van der Waals surface area contributed by atoms with E-state index < -0.39 is 0 Å². The van der Waals surface area contributed by atoms with Crippen LogP contribution in [0.1, 0.15) is 0 Å². The molecule has 10 rings (SSSR count). The summed E-state index contributed by atoms with van der Waals surface area (Å²) >= 11 is 0. The van der Waals surface area contributed by atoms with Crippen LogP contribution in [0.5, 0.6) is 0 Å². The molecule has 0 atom stereocenters. The third-order valence-corrected chi connectivity index (χ3v) is 10.1. The molecule has 0 spiro atoms. The average Bonchev–Trinajstić information content (AvgIpc) is 3.58. The zero-order valence-corrected chi connectivity index (χ0v) is 28.8. The van der Waals surface area contributed by atoms with Crippen LogP contribution in [0.25, 0.3) is 94.7 Å². The second-order valence-electron chi connectivity index (χ2n) is 13.2. The molecular weight excluding hydrogens is 645 g/mol. The van der Waals surface area contributed by atoms with Gasteiger partial charge in [0, 0.05) is 32.8 Å². The largest absolute Gasteiger partial charge is 0.309 e. The molecule has 0 fully saturated rings. The smallest absolute Gasteiger partial charge is 0.164 e. The van der Waals surface area contributed by atoms with Crippen molar-refractivity contribution in [3.05, 3.63) is 194 Å². The second-order valence-corrected chi connectivity index (χ2v) is 13.2. The second kappa shape index (κ2) is 12.9. The van der Waals surface area contributed by atoms with E-state index in [0.717, 1.165) is 49.8 Å². The molecule has 0 aliphatic rings. The molecule has 248 valence electrons. The number of rotatable bonds is 6. The summed E-state index contributed by atoms with van der Waals surface area (Å²) in [6, 6.07) is 68.0. The van der Waals surface area contributed by atoms with Crippen molar-refractivity contribution in [3.63, 3.8) is 0 Å². The van der Waals surface area contributed by atoms with Gasteiger partial charge >= 0.3 is 0 Å². The first-order valence-corrected chi connectivity index (χ1v) is 17.9. The molecule has 2 aromatic heterocycles. The Bertz CT molecular complexity index is 2880. The maximum absolute atomic E-state index is 5.21. The molecule has 8 aromatic carbocycles. The lowest BCUT2D eigenvalue weighted by Gasteiger charge is -2.15. The van der Waals surface area contributed by atoms with Crippen LogP contribution < -0.4 is 0 Å². The summed E-state index contributed by atoms with van der Waals surface area (Å²) in [5.41, 5.74) is 10.9. The van der Waals surface area contributed by atoms with Gasteiger partial charge in [0.15, 0.2) is 17.5 Å². The first kappa shape index (κ1) is 30.6. The van der Waals surface area contributed by atoms with E-state index in [1.807, 2.05) is 12.1 Å². The summed E-state index contributed by atoms with van der Waals surface area (Å²) in [6.45, 7) is 0. The van der Waals surface area contributed by atoms with Gasteiger partial charge in [0.25, 0.3) is 0 Å². The zero-order chi connectivity index (χ0) is 35.1. The lowest BCUT2D eigenvalue weighted by Crippen LogP contribution is -2.02. The summed E-state index contributed by atoms with van der Waals surface area (Å²) in [5, 5.41) is 4.67. The Morgan fingerprint density at radius 3 is 1.40 bits per heavy atom. The molecule has 0 amide bonds. The van der Waals surface area contributed by atoms with Crippen molar-refractivity contribution in [1.29, 1.82) is 0 Å². The molecule has 10 aromatic rings. The van der Waals surface area contributed by atoms with Crippen LogP contribution in [0.2, 0.25) is 0 Å². The Kier molecular flexibility index (Phi) is 7.43. The fourth-order valence-electron chi connectivity index (χ4n) is 7.52. The third kappa shape index (κ3) is 5.45. The fourth-order valence-corrected chi connectivity index (χ4v) is 7.52. The Balaban J connectivity index is 1.17. The highest BCUT2D eigenvalue weighted by Crippen LogP contribution is 2.38. The summed E-state index contributed by atoms with van der Waals surface area (Å²) in [7, 11) is 0. The molecule has 0 N–H and O–H groups in total. The first-order chi connectivity index (χ1) is 26.3. The minimum Gasteiger partial charge on any atom is -0.309 e. The Hall–Kier alpha value is -7.17. The lowest BCUT2D eigenvalue weighted by atomic mass is 10.0. The molecule has 4 nitrogen and oxygen atoms in total. The number of nitrogens with zero attached hydrogens (tertiary/aromatic N) is 4. The quantitative estimate of drug-likeness (QED) is 0.176. The lowest BCUT2D eigenvalue weighted by molar-refractivity contribution is 1.08. The summed E-state index contributed by atoms with van der Waals surface area (Å²) < 4.78 is 2.38. The van der Waals surface area contributed by atoms with Gasteiger partial charge in [-0.2, -0.15) is 0 Å². The van der Waals surface area contributed by atoms with Gasteiger partial charge in [-0.05, 0) is 58.0 Å². The van der Waals surface area contributed by atoms with E-state index in [4.69, 9.17) is 15.0 Å². The highest BCUT2D eigenvalue weighted by molar-refractivity contribution is 6.11. The van der Waals surface area contributed by atoms with E-state index in [1.165, 1.54) is 27.4 Å². The molecule has 0 unspecified atom stereocenters. The Morgan fingerprint density at radius 2 is 0.736 bits per heavy atom. The molecule has 0 aliphatic carbocycles. The number of hydrogen-bond donors (Lipinski definition) is 0. The fraction of sp³-hybridized carbons (Fsp3) is 0. The zero-order valence-electron chi connectivity index (χ0n) is 28.8. The van der Waals surface area contributed by atoms with Crippen LogP contribution in [-0.2, 0) is 0 Å². The van der Waals surface area contributed by atoms with Gasteiger partial charge in [-0.1, -0.05) is 164 Å². The van der Waals surface area contributed by atoms with Crippen molar-refractivity contribution in [2.75, 3.05) is 0 Å². The standard InChI is InChI=1S/C49H32N4/c1-3-14-33(15-4-1)35-26-28-36(29-27-35)47-50-48(38-19-13-18-37(32-38)34-16-5-2-6-17-34)52-49(51-47)43-30-31-46(40-21-8-7-20-39(40)43)53-44-24-11-9-22-41(44)42-23-10-12-25-45(42)53/h1-32H. The van der Waals surface area contributed by atoms with Crippen molar-refractivity contribution in [2.24, 2.45) is 0 Å². The van der Waals surface area contributed by atoms with Crippen molar-refractivity contribution >= 4 is 32.6 Å². The van der Waals surface area contributed by atoms with Gasteiger partial charge < -0.3 is 4.57 Å². The predicted molar refractivity (Wildman–Crippen MR) is 219 cm³/mol. The highest BCUT2D eigenvalue weighted by atomic mass is 15.0. The highest BCUT2D eigenvalue weighted by Gasteiger charge is 2.19. The monoisotopic (exact) mass is 676 g/mol. The molecule has 2 heterocycles. The number of benzene rings is 8. The molecule has 53 heavy (non-hydrogen) atoms. The van der Waals surface area contributed by atoms with Gasteiger partial charge in [0.05, 0.1) is 16.7 Å². The Morgan fingerprint density at radius 1 is 0.283 bits per heavy atom. The van der Waals surface area contributed by atoms with Crippen molar-refractivity contribution in [1.82, 2.24) is 19.5 Å². The molecule has 0 bridgehead atoms. The minimum absolute atomic E-state index is 0.630. The number of aromatic nitrogens is 4. The topological polar surface area (TPSA) is 43.6 Å². The maximum Gasteiger partial charge on any atom is 0.164 e. The summed E-state index contributed by atoms with van der Waals surface area (Å²) in [4.78, 5) is 15.5. The van der Waals surface area contributed by atoms with E-state index in [0.29, 0.717) is 17.5 Å². The van der Waals surface area contributed by atoms with Crippen LogP contribution in [0, 0.1) is 0 Å². The predicted octanol–water partition coefficient (Wildman–Crippen LogP) is 12.5. The van der Waals surface area contributed by atoms with Crippen LogP contribution in [0.4, 0.5) is 0 Å². The molecule has 0 radical (unpaired) electrons. The van der Waals surface area contributed by atoms with E-state index >= 15 is 0 Å². The van der Waals surface area contributed by atoms with E-state index in [1.54, 1.807) is 0 Å². The van der Waals surface area contributed by atoms with E-state index in [2.05, 4.69) is 187 Å². The van der Waals surface area contributed by atoms with Crippen LogP contribution in [0.15, 0.2) is 194 Å². The third-order valence-electron chi connectivity index (χ3n) is 10.1. The molecule has 0 saturated carbocycles. The minimum atomic E-state index is 0.630. The summed E-state index contributed by atoms with van der Waals surface area (Å²) in [5.74, 6) is 1.89. The van der Waals surface area contributed by atoms with E-state index in [-0.39, 0.29) is 0 Å². The van der Waals surface area contributed by atoms with Gasteiger partial charge in [0.1, 0.15) is 0 Å². The van der Waals surface area contributed by atoms with Crippen LogP contribution in [-0.4, -0.2) is 19.5 Å².